The van der Waals surface area contributed by atoms with E-state index in [9.17, 15) is 9.90 Å². The van der Waals surface area contributed by atoms with E-state index in [4.69, 9.17) is 10.1 Å². The minimum absolute atomic E-state index is 0.0486. The molecule has 4 aromatic rings. The van der Waals surface area contributed by atoms with E-state index in [0.717, 1.165) is 57.1 Å². The van der Waals surface area contributed by atoms with Gasteiger partial charge >= 0.3 is 0 Å². The summed E-state index contributed by atoms with van der Waals surface area (Å²) in [5, 5.41) is 18.6. The molecule has 0 saturated heterocycles. The molecule has 6 nitrogen and oxygen atoms in total. The minimum atomic E-state index is -0.0486. The van der Waals surface area contributed by atoms with Crippen molar-refractivity contribution in [2.45, 2.75) is 52.1 Å². The van der Waals surface area contributed by atoms with Gasteiger partial charge in [-0.1, -0.05) is 42.8 Å². The van der Waals surface area contributed by atoms with Gasteiger partial charge in [-0.25, -0.2) is 9.50 Å². The zero-order valence-electron chi connectivity index (χ0n) is 20.7. The summed E-state index contributed by atoms with van der Waals surface area (Å²) in [5.74, 6) is 1.51. The second-order valence-corrected chi connectivity index (χ2v) is 10.4. The molecule has 2 aromatic heterocycles. The van der Waals surface area contributed by atoms with Crippen LogP contribution in [0.3, 0.4) is 0 Å². The lowest BCUT2D eigenvalue weighted by molar-refractivity contribution is 0.0975. The number of anilines is 1. The highest BCUT2D eigenvalue weighted by Gasteiger charge is 2.26. The maximum Gasteiger partial charge on any atom is 0.177 e. The van der Waals surface area contributed by atoms with Crippen LogP contribution >= 0.6 is 0 Å². The summed E-state index contributed by atoms with van der Waals surface area (Å²) < 4.78 is 1.90. The Morgan fingerprint density at radius 2 is 1.92 bits per heavy atom. The van der Waals surface area contributed by atoms with Crippen LogP contribution in [0.15, 0.2) is 54.7 Å². The van der Waals surface area contributed by atoms with Crippen molar-refractivity contribution in [3.8, 4) is 22.5 Å². The average Bonchev–Trinajstić information content (AvgIpc) is 3.57. The Hall–Kier alpha value is -3.51. The molecule has 2 aromatic carbocycles. The number of aliphatic hydroxyl groups excluding tert-OH is 1. The van der Waals surface area contributed by atoms with E-state index >= 15 is 0 Å². The Balaban J connectivity index is 1.42. The first kappa shape index (κ1) is 22.9. The van der Waals surface area contributed by atoms with E-state index in [2.05, 4.69) is 11.4 Å². The minimum Gasteiger partial charge on any atom is -0.392 e. The van der Waals surface area contributed by atoms with Gasteiger partial charge in [0.05, 0.1) is 29.9 Å². The van der Waals surface area contributed by atoms with Crippen LogP contribution in [0.25, 0.3) is 28.2 Å². The molecule has 0 aliphatic heterocycles. The molecule has 36 heavy (non-hydrogen) atoms. The largest absolute Gasteiger partial charge is 0.392 e. The van der Waals surface area contributed by atoms with Gasteiger partial charge < -0.3 is 10.4 Å². The quantitative estimate of drug-likeness (QED) is 0.285. The number of aryl methyl sites for hydroxylation is 1. The van der Waals surface area contributed by atoms with Gasteiger partial charge in [0.2, 0.25) is 0 Å². The third kappa shape index (κ3) is 4.42. The Kier molecular flexibility index (Phi) is 6.05. The van der Waals surface area contributed by atoms with Gasteiger partial charge in [0, 0.05) is 29.7 Å². The maximum atomic E-state index is 12.7. The van der Waals surface area contributed by atoms with Crippen LogP contribution in [-0.2, 0) is 6.61 Å². The van der Waals surface area contributed by atoms with Crippen LogP contribution < -0.4 is 5.32 Å². The van der Waals surface area contributed by atoms with Crippen molar-refractivity contribution in [1.29, 1.82) is 0 Å². The van der Waals surface area contributed by atoms with Gasteiger partial charge in [-0.15, -0.1) is 0 Å². The first-order valence-corrected chi connectivity index (χ1v) is 13.1. The normalized spacial score (nSPS) is 15.7. The van der Waals surface area contributed by atoms with E-state index in [1.165, 1.54) is 32.1 Å². The number of aliphatic hydroxyl groups is 1. The summed E-state index contributed by atoms with van der Waals surface area (Å²) in [4.78, 5) is 17.5. The fourth-order valence-electron chi connectivity index (χ4n) is 5.12. The Morgan fingerprint density at radius 3 is 2.64 bits per heavy atom. The van der Waals surface area contributed by atoms with Gasteiger partial charge in [0.1, 0.15) is 0 Å². The summed E-state index contributed by atoms with van der Waals surface area (Å²) in [5.41, 5.74) is 7.91. The molecule has 2 heterocycles. The number of imidazole rings is 1. The van der Waals surface area contributed by atoms with Crippen LogP contribution in [0.1, 0.15) is 60.0 Å². The van der Waals surface area contributed by atoms with E-state index in [1.807, 2.05) is 60.1 Å². The van der Waals surface area contributed by atoms with Crippen LogP contribution in [0, 0.1) is 18.8 Å². The zero-order chi connectivity index (χ0) is 24.6. The van der Waals surface area contributed by atoms with Crippen LogP contribution in [0.5, 0.6) is 0 Å². The molecule has 6 heteroatoms. The molecule has 2 saturated carbocycles. The number of hydrogen-bond acceptors (Lipinski definition) is 5. The Morgan fingerprint density at radius 1 is 1.08 bits per heavy atom. The standard InChI is InChI=1S/C30H32N4O2/c1-19-13-22(11-12-24(19)29(36)14-20-9-10-20)28-17-32-30-27(31-16-21-5-4-6-21)15-26(33-34(28)30)25-8-3-2-7-23(25)18-35/h2-3,7-8,11-13,15,17,20-21,31,35H,4-6,9-10,14,16,18H2,1H3. The number of rotatable bonds is 9. The van der Waals surface area contributed by atoms with E-state index in [1.54, 1.807) is 0 Å². The van der Waals surface area contributed by atoms with Crippen LogP contribution in [0.2, 0.25) is 0 Å². The van der Waals surface area contributed by atoms with Crippen molar-refractivity contribution in [3.63, 3.8) is 0 Å². The number of nitrogens with zero attached hydrogens (tertiary/aromatic N) is 3. The molecule has 2 aliphatic carbocycles. The number of aromatic nitrogens is 3. The average molecular weight is 481 g/mol. The molecule has 0 unspecified atom stereocenters. The van der Waals surface area contributed by atoms with Crippen LogP contribution in [-0.4, -0.2) is 32.0 Å². The van der Waals surface area contributed by atoms with Gasteiger partial charge in [0.25, 0.3) is 0 Å². The van der Waals surface area contributed by atoms with Gasteiger partial charge in [-0.3, -0.25) is 4.79 Å². The molecular weight excluding hydrogens is 448 g/mol. The number of hydrogen-bond donors (Lipinski definition) is 2. The third-order valence-electron chi connectivity index (χ3n) is 7.73. The van der Waals surface area contributed by atoms with E-state index in [0.29, 0.717) is 18.3 Å². The van der Waals surface area contributed by atoms with E-state index < -0.39 is 0 Å². The predicted octanol–water partition coefficient (Wildman–Crippen LogP) is 6.06. The lowest BCUT2D eigenvalue weighted by atomic mass is 9.85. The number of benzene rings is 2. The lowest BCUT2D eigenvalue weighted by Crippen LogP contribution is -2.21. The predicted molar refractivity (Wildman–Crippen MR) is 142 cm³/mol. The smallest absolute Gasteiger partial charge is 0.177 e. The molecule has 0 amide bonds. The molecule has 0 radical (unpaired) electrons. The summed E-state index contributed by atoms with van der Waals surface area (Å²) >= 11 is 0. The van der Waals surface area contributed by atoms with E-state index in [-0.39, 0.29) is 12.4 Å². The zero-order valence-corrected chi connectivity index (χ0v) is 20.7. The lowest BCUT2D eigenvalue weighted by Gasteiger charge is -2.26. The second kappa shape index (κ2) is 9.51. The van der Waals surface area contributed by atoms with Crippen molar-refractivity contribution in [2.24, 2.45) is 11.8 Å². The summed E-state index contributed by atoms with van der Waals surface area (Å²) in [6, 6.07) is 15.9. The first-order valence-electron chi connectivity index (χ1n) is 13.1. The number of Topliss-reactive ketones (excluding diaryl/α,β-unsaturated/α-hetero) is 1. The second-order valence-electron chi connectivity index (χ2n) is 10.4. The monoisotopic (exact) mass is 480 g/mol. The molecule has 6 rings (SSSR count). The van der Waals surface area contributed by atoms with Gasteiger partial charge in [-0.05, 0) is 67.7 Å². The molecule has 0 spiro atoms. The molecule has 2 N–H and O–H groups in total. The van der Waals surface area contributed by atoms with Gasteiger partial charge in [-0.2, -0.15) is 5.10 Å². The van der Waals surface area contributed by atoms with Gasteiger partial charge in [0.15, 0.2) is 11.4 Å². The Bertz CT molecular complexity index is 1430. The number of fused-ring (bicyclic) bond motifs is 1. The summed E-state index contributed by atoms with van der Waals surface area (Å²) in [7, 11) is 0. The van der Waals surface area contributed by atoms with Crippen molar-refractivity contribution in [1.82, 2.24) is 14.6 Å². The highest BCUT2D eigenvalue weighted by atomic mass is 16.3. The SMILES string of the molecule is Cc1cc(-c2cnc3c(NCC4CCC4)cc(-c4ccccc4CO)nn23)ccc1C(=O)CC1CC1. The fourth-order valence-corrected chi connectivity index (χ4v) is 5.12. The van der Waals surface area contributed by atoms with Crippen molar-refractivity contribution in [3.05, 3.63) is 71.4 Å². The molecular formula is C30H32N4O2. The molecule has 2 aliphatic rings. The Labute approximate surface area is 211 Å². The number of carbonyl (C=O) groups excluding carboxylic acids is 1. The first-order chi connectivity index (χ1) is 17.6. The molecule has 184 valence electrons. The summed E-state index contributed by atoms with van der Waals surface area (Å²) in [6.07, 6.45) is 8.70. The number of nitrogens with one attached hydrogen (secondary N) is 1. The summed E-state index contributed by atoms with van der Waals surface area (Å²) in [6.45, 7) is 2.88. The molecule has 0 bridgehead atoms. The molecule has 2 fully saturated rings. The third-order valence-corrected chi connectivity index (χ3v) is 7.73. The highest BCUT2D eigenvalue weighted by molar-refractivity contribution is 5.98. The number of carbonyl (C=O) groups is 1. The highest BCUT2D eigenvalue weighted by Crippen LogP contribution is 2.35. The van der Waals surface area contributed by atoms with Crippen LogP contribution in [0.4, 0.5) is 5.69 Å². The van der Waals surface area contributed by atoms with Crippen molar-refractivity contribution >= 4 is 17.1 Å². The number of ketones is 1. The van der Waals surface area contributed by atoms with Crippen molar-refractivity contribution in [2.75, 3.05) is 11.9 Å². The fraction of sp³-hybridized carbons (Fsp3) is 0.367. The topological polar surface area (TPSA) is 79.5 Å². The molecule has 0 atom stereocenters. The maximum absolute atomic E-state index is 12.7. The van der Waals surface area contributed by atoms with Crippen molar-refractivity contribution < 1.29 is 9.90 Å².